The average Bonchev–Trinajstić information content (AvgIpc) is 2.23. The van der Waals surface area contributed by atoms with Crippen molar-refractivity contribution in [3.05, 3.63) is 0 Å². The molecule has 0 heteroatoms. The van der Waals surface area contributed by atoms with Gasteiger partial charge in [0.2, 0.25) is 0 Å². The van der Waals surface area contributed by atoms with Crippen molar-refractivity contribution >= 4 is 0 Å². The van der Waals surface area contributed by atoms with Gasteiger partial charge < -0.3 is 0 Å². The van der Waals surface area contributed by atoms with Crippen molar-refractivity contribution in [3.63, 3.8) is 0 Å². The average molecular weight is 120 g/mol. The molecule has 0 N–H and O–H groups in total. The molecule has 0 radical (unpaired) electrons. The van der Waals surface area contributed by atoms with E-state index in [1.54, 1.807) is 6.92 Å². The van der Waals surface area contributed by atoms with Gasteiger partial charge in [0.15, 0.2) is 0 Å². The van der Waals surface area contributed by atoms with Gasteiger partial charge in [-0.2, -0.15) is 0 Å². The predicted molar refractivity (Wildman–Crippen MR) is 39.1 cm³/mol. The third kappa shape index (κ3) is 6.00. The molecule has 0 saturated carbocycles. The fourth-order valence-corrected chi connectivity index (χ4v) is 0.357. The van der Waals surface area contributed by atoms with E-state index in [1.165, 1.54) is 0 Å². The maximum Gasteiger partial charge on any atom is 0.0267 e. The molecule has 0 aliphatic heterocycles. The summed E-state index contributed by atoms with van der Waals surface area (Å²) in [6.07, 6.45) is -4.15. The third-order valence-corrected chi connectivity index (χ3v) is 0.730. The first kappa shape index (κ1) is 2.32. The minimum absolute atomic E-state index is 0.217. The molecule has 0 aromatic carbocycles. The Morgan fingerprint density at radius 3 is 2.62 bits per heavy atom. The standard InChI is InChI=1S/C8H18/c1-3-5-7-8-6-4-2/h3-8H2,1-2H3/i1D,3D,5D,6D,7D,8D. The summed E-state index contributed by atoms with van der Waals surface area (Å²) in [7, 11) is 0. The van der Waals surface area contributed by atoms with Gasteiger partial charge in [0.25, 0.3) is 0 Å². The summed E-state index contributed by atoms with van der Waals surface area (Å²) in [6, 6.07) is 0. The van der Waals surface area contributed by atoms with Crippen LogP contribution in [0.3, 0.4) is 0 Å². The summed E-state index contributed by atoms with van der Waals surface area (Å²) in [6.45, 7) is 1.55. The van der Waals surface area contributed by atoms with Gasteiger partial charge in [-0.25, -0.2) is 0 Å². The fraction of sp³-hybridized carbons (Fsp3) is 1.00. The van der Waals surface area contributed by atoms with E-state index in [0.717, 1.165) is 0 Å². The van der Waals surface area contributed by atoms with Gasteiger partial charge >= 0.3 is 0 Å². The van der Waals surface area contributed by atoms with Crippen LogP contribution < -0.4 is 0 Å². The van der Waals surface area contributed by atoms with Crippen LogP contribution in [0.15, 0.2) is 0 Å². The van der Waals surface area contributed by atoms with Gasteiger partial charge in [-0.1, -0.05) is 52.2 Å². The van der Waals surface area contributed by atoms with Crippen molar-refractivity contribution in [1.82, 2.24) is 0 Å². The van der Waals surface area contributed by atoms with Crippen molar-refractivity contribution in [2.45, 2.75) is 52.2 Å². The second kappa shape index (κ2) is 7.00. The molecule has 0 rings (SSSR count). The van der Waals surface area contributed by atoms with Crippen LogP contribution in [0.25, 0.3) is 0 Å². The first-order chi connectivity index (χ1) is 6.45. The molecule has 5 unspecified atom stereocenters. The Bertz CT molecular complexity index is 137. The van der Waals surface area contributed by atoms with Crippen molar-refractivity contribution < 1.29 is 8.22 Å². The smallest absolute Gasteiger partial charge is 0.0267 e. The first-order valence-electron chi connectivity index (χ1n) is 6.45. The molecule has 0 aliphatic carbocycles. The van der Waals surface area contributed by atoms with Crippen molar-refractivity contribution in [2.75, 3.05) is 0 Å². The van der Waals surface area contributed by atoms with Gasteiger partial charge in [0.1, 0.15) is 0 Å². The van der Waals surface area contributed by atoms with E-state index in [2.05, 4.69) is 0 Å². The largest absolute Gasteiger partial charge is 0.0654 e. The van der Waals surface area contributed by atoms with E-state index >= 15 is 0 Å². The summed E-state index contributed by atoms with van der Waals surface area (Å²) in [5.74, 6) is 0. The third-order valence-electron chi connectivity index (χ3n) is 0.730. The normalized spacial score (nSPS) is 40.1. The van der Waals surface area contributed by atoms with Crippen LogP contribution in [0.4, 0.5) is 0 Å². The highest BCUT2D eigenvalue weighted by atomic mass is 13.9. The molecule has 8 heavy (non-hydrogen) atoms. The van der Waals surface area contributed by atoms with Gasteiger partial charge in [0, 0.05) is 8.22 Å². The molecule has 0 fully saturated rings. The highest BCUT2D eigenvalue weighted by Crippen LogP contribution is 2.03. The summed E-state index contributed by atoms with van der Waals surface area (Å²) < 4.78 is 44.3. The second-order valence-electron chi connectivity index (χ2n) is 1.46. The number of rotatable bonds is 5. The summed E-state index contributed by atoms with van der Waals surface area (Å²) >= 11 is 0. The van der Waals surface area contributed by atoms with Crippen molar-refractivity contribution in [1.29, 1.82) is 0 Å². The van der Waals surface area contributed by atoms with Crippen molar-refractivity contribution in [3.8, 4) is 0 Å². The van der Waals surface area contributed by atoms with E-state index in [9.17, 15) is 0 Å². The molecule has 0 amide bonds. The quantitative estimate of drug-likeness (QED) is 0.522. The highest BCUT2D eigenvalue weighted by Gasteiger charge is 1.83. The van der Waals surface area contributed by atoms with E-state index in [1.807, 2.05) is 0 Å². The van der Waals surface area contributed by atoms with E-state index in [-0.39, 0.29) is 6.90 Å². The lowest BCUT2D eigenvalue weighted by Crippen LogP contribution is -1.73. The Labute approximate surface area is 61.7 Å². The topological polar surface area (TPSA) is 0 Å². The molecule has 0 aromatic rings. The molecular weight excluding hydrogens is 96.1 g/mol. The molecule has 0 bridgehead atoms. The maximum absolute atomic E-state index is 7.55. The predicted octanol–water partition coefficient (Wildman–Crippen LogP) is 3.37. The van der Waals surface area contributed by atoms with Crippen LogP contribution in [0, 0.1) is 0 Å². The molecule has 0 nitrogen and oxygen atoms in total. The summed E-state index contributed by atoms with van der Waals surface area (Å²) in [5.41, 5.74) is 0. The lowest BCUT2D eigenvalue weighted by molar-refractivity contribution is 0.624. The maximum atomic E-state index is 7.55. The van der Waals surface area contributed by atoms with E-state index in [0.29, 0.717) is 6.42 Å². The molecule has 0 spiro atoms. The zero-order chi connectivity index (χ0) is 11.3. The Morgan fingerprint density at radius 2 is 2.00 bits per heavy atom. The van der Waals surface area contributed by atoms with Gasteiger partial charge in [-0.15, -0.1) is 0 Å². The Balaban J connectivity index is 4.22. The monoisotopic (exact) mass is 120 g/mol. The Hall–Kier alpha value is 0. The number of hydrogen-bond donors (Lipinski definition) is 0. The SMILES string of the molecule is [2H]CC([2H])C([2H])C([2H])C([2H])C([2H])CC. The molecule has 0 heterocycles. The van der Waals surface area contributed by atoms with Crippen LogP contribution in [-0.2, 0) is 0 Å². The van der Waals surface area contributed by atoms with Crippen LogP contribution in [0.1, 0.15) is 60.5 Å². The van der Waals surface area contributed by atoms with Crippen LogP contribution in [0.5, 0.6) is 0 Å². The lowest BCUT2D eigenvalue weighted by atomic mass is 10.1. The van der Waals surface area contributed by atoms with Crippen LogP contribution in [-0.4, -0.2) is 0 Å². The summed E-state index contributed by atoms with van der Waals surface area (Å²) in [4.78, 5) is 0. The second-order valence-corrected chi connectivity index (χ2v) is 1.46. The zero-order valence-electron chi connectivity index (χ0n) is 11.3. The van der Waals surface area contributed by atoms with Crippen LogP contribution in [0.2, 0.25) is 0 Å². The summed E-state index contributed by atoms with van der Waals surface area (Å²) in [5, 5.41) is 0. The zero-order valence-corrected chi connectivity index (χ0v) is 5.30. The Kier molecular flexibility index (Phi) is 2.03. The van der Waals surface area contributed by atoms with Gasteiger partial charge in [-0.05, 0) is 0 Å². The van der Waals surface area contributed by atoms with Gasteiger partial charge in [-0.3, -0.25) is 0 Å². The van der Waals surface area contributed by atoms with Gasteiger partial charge in [0.05, 0.1) is 0 Å². The van der Waals surface area contributed by atoms with Crippen molar-refractivity contribution in [2.24, 2.45) is 0 Å². The molecular formula is C8H18. The Morgan fingerprint density at radius 1 is 1.25 bits per heavy atom. The first-order valence-corrected chi connectivity index (χ1v) is 2.86. The molecule has 50 valence electrons. The van der Waals surface area contributed by atoms with E-state index < -0.39 is 32.0 Å². The van der Waals surface area contributed by atoms with Crippen LogP contribution >= 0.6 is 0 Å². The molecule has 0 aromatic heterocycles. The molecule has 0 aliphatic rings. The lowest BCUT2D eigenvalue weighted by Gasteiger charge is -1.93. The molecule has 0 saturated heterocycles. The molecule has 5 atom stereocenters. The minimum Gasteiger partial charge on any atom is -0.0654 e. The minimum atomic E-state index is -1.05. The fourth-order valence-electron chi connectivity index (χ4n) is 0.357. The highest BCUT2D eigenvalue weighted by molar-refractivity contribution is 4.39. The van der Waals surface area contributed by atoms with E-state index in [4.69, 9.17) is 8.22 Å². The number of hydrogen-bond acceptors (Lipinski definition) is 0.